The Hall–Kier alpha value is -3.94. The Morgan fingerprint density at radius 1 is 1.02 bits per heavy atom. The lowest BCUT2D eigenvalue weighted by molar-refractivity contribution is -0.137. The van der Waals surface area contributed by atoms with Gasteiger partial charge < -0.3 is 30.7 Å². The average molecular weight is 605 g/mol. The third-order valence-corrected chi connectivity index (χ3v) is 8.13. The van der Waals surface area contributed by atoms with Crippen molar-refractivity contribution in [2.45, 2.75) is 50.4 Å². The number of piperidine rings is 1. The fourth-order valence-electron chi connectivity index (χ4n) is 5.41. The first-order chi connectivity index (χ1) is 20.3. The first kappa shape index (κ1) is 32.0. The molecule has 2 atom stereocenters. The zero-order valence-electron chi connectivity index (χ0n) is 24.9. The summed E-state index contributed by atoms with van der Waals surface area (Å²) in [5.74, 6) is -1.93. The highest BCUT2D eigenvalue weighted by Crippen LogP contribution is 2.36. The molecule has 2 aromatic rings. The summed E-state index contributed by atoms with van der Waals surface area (Å²) in [4.78, 5) is 51.0. The Balaban J connectivity index is 1.45. The van der Waals surface area contributed by atoms with Gasteiger partial charge in [0.2, 0.25) is 17.8 Å². The van der Waals surface area contributed by atoms with E-state index >= 15 is 0 Å². The molecule has 234 valence electrons. The number of halogens is 3. The number of amides is 3. The van der Waals surface area contributed by atoms with Crippen LogP contribution in [0, 0.1) is 5.92 Å². The molecule has 0 radical (unpaired) electrons. The molecule has 4 rings (SSSR count). The summed E-state index contributed by atoms with van der Waals surface area (Å²) in [5.41, 5.74) is -0.0573. The molecule has 43 heavy (non-hydrogen) atoms. The number of alkyl halides is 3. The van der Waals surface area contributed by atoms with E-state index in [9.17, 15) is 27.6 Å². The topological polar surface area (TPSA) is 123 Å². The minimum absolute atomic E-state index is 0.0754. The predicted molar refractivity (Wildman–Crippen MR) is 156 cm³/mol. The smallest absolute Gasteiger partial charge is 0.366 e. The van der Waals surface area contributed by atoms with E-state index in [4.69, 9.17) is 0 Å². The number of carbonyl (C=O) groups excluding carboxylic acids is 3. The van der Waals surface area contributed by atoms with Crippen molar-refractivity contribution in [3.63, 3.8) is 0 Å². The highest BCUT2D eigenvalue weighted by molar-refractivity contribution is 5.94. The van der Waals surface area contributed by atoms with Crippen molar-refractivity contribution in [3.8, 4) is 0 Å². The highest BCUT2D eigenvalue weighted by atomic mass is 19.4. The minimum Gasteiger partial charge on any atom is -0.366 e. The number of nitrogens with one attached hydrogen (secondary N) is 3. The van der Waals surface area contributed by atoms with E-state index in [2.05, 4.69) is 37.9 Å². The van der Waals surface area contributed by atoms with Crippen LogP contribution in [0.2, 0.25) is 0 Å². The highest BCUT2D eigenvalue weighted by Gasteiger charge is 2.39. The van der Waals surface area contributed by atoms with Crippen molar-refractivity contribution in [1.82, 2.24) is 30.0 Å². The molecule has 1 aliphatic heterocycles. The van der Waals surface area contributed by atoms with Gasteiger partial charge in [0, 0.05) is 50.7 Å². The predicted octanol–water partition coefficient (Wildman–Crippen LogP) is 3.19. The maximum atomic E-state index is 13.9. The summed E-state index contributed by atoms with van der Waals surface area (Å²) >= 11 is 0. The van der Waals surface area contributed by atoms with Crippen LogP contribution in [-0.2, 0) is 15.8 Å². The number of likely N-dealkylation sites (tertiary alicyclic amines) is 1. The molecule has 1 aromatic carbocycles. The van der Waals surface area contributed by atoms with Gasteiger partial charge in [-0.2, -0.15) is 18.2 Å². The van der Waals surface area contributed by atoms with Gasteiger partial charge in [-0.1, -0.05) is 6.42 Å². The van der Waals surface area contributed by atoms with Crippen LogP contribution in [0.4, 0.5) is 30.6 Å². The molecule has 3 amide bonds. The van der Waals surface area contributed by atoms with Crippen LogP contribution in [0.1, 0.15) is 48.0 Å². The minimum atomic E-state index is -4.73. The molecule has 2 fully saturated rings. The number of likely N-dealkylation sites (N-methyl/N-ethyl adjacent to an activating group) is 1. The standard InChI is InChI=1S/C29H39F3N8O3/c1-38(2)24(41)17-33-26(42)21-6-5-7-23(21)36-25-22(29(30,31)32)16-34-28(37-25)35-19-10-8-18(9-11-19)27(43)40(4)20-12-14-39(3)15-13-20/h8-11,16,20-21,23H,5-7,12-15,17H2,1-4H3,(H,33,42)(H2,34,35,36,37)/t21-,23+/m0/s1. The second-order valence-electron chi connectivity index (χ2n) is 11.4. The van der Waals surface area contributed by atoms with E-state index in [-0.39, 0.29) is 30.3 Å². The zero-order valence-corrected chi connectivity index (χ0v) is 24.9. The molecule has 2 heterocycles. The van der Waals surface area contributed by atoms with Crippen LogP contribution in [-0.4, -0.2) is 102 Å². The van der Waals surface area contributed by atoms with Crippen LogP contribution >= 0.6 is 0 Å². The fourth-order valence-corrected chi connectivity index (χ4v) is 5.41. The maximum absolute atomic E-state index is 13.9. The summed E-state index contributed by atoms with van der Waals surface area (Å²) in [6, 6.07) is 6.17. The van der Waals surface area contributed by atoms with Crippen molar-refractivity contribution in [2.24, 2.45) is 5.92 Å². The second kappa shape index (κ2) is 13.6. The van der Waals surface area contributed by atoms with Crippen molar-refractivity contribution in [2.75, 3.05) is 58.5 Å². The largest absolute Gasteiger partial charge is 0.421 e. The van der Waals surface area contributed by atoms with Gasteiger partial charge in [0.1, 0.15) is 11.4 Å². The molecule has 2 aliphatic rings. The summed E-state index contributed by atoms with van der Waals surface area (Å²) in [7, 11) is 7.00. The average Bonchev–Trinajstić information content (AvgIpc) is 3.43. The molecule has 1 saturated heterocycles. The summed E-state index contributed by atoms with van der Waals surface area (Å²) in [6.45, 7) is 1.67. The van der Waals surface area contributed by atoms with Crippen LogP contribution in [0.15, 0.2) is 30.5 Å². The Morgan fingerprint density at radius 3 is 2.33 bits per heavy atom. The van der Waals surface area contributed by atoms with Gasteiger partial charge in [0.15, 0.2) is 0 Å². The van der Waals surface area contributed by atoms with E-state index in [1.165, 1.54) is 4.90 Å². The lowest BCUT2D eigenvalue weighted by Gasteiger charge is -2.35. The SMILES string of the molecule is CN1CCC(N(C)C(=O)c2ccc(Nc3ncc(C(F)(F)F)c(N[C@@H]4CCC[C@@H]4C(=O)NCC(=O)N(C)C)n3)cc2)CC1. The number of nitrogens with zero attached hydrogens (tertiary/aromatic N) is 5. The molecular formula is C29H39F3N8O3. The molecule has 1 aromatic heterocycles. The third-order valence-electron chi connectivity index (χ3n) is 8.13. The lowest BCUT2D eigenvalue weighted by atomic mass is 10.0. The quantitative estimate of drug-likeness (QED) is 0.399. The summed E-state index contributed by atoms with van der Waals surface area (Å²) < 4.78 is 41.6. The van der Waals surface area contributed by atoms with Crippen molar-refractivity contribution < 1.29 is 27.6 Å². The van der Waals surface area contributed by atoms with Crippen LogP contribution < -0.4 is 16.0 Å². The second-order valence-corrected chi connectivity index (χ2v) is 11.4. The normalized spacial score (nSPS) is 19.5. The zero-order chi connectivity index (χ0) is 31.3. The number of benzene rings is 1. The monoisotopic (exact) mass is 604 g/mol. The number of hydrogen-bond acceptors (Lipinski definition) is 8. The van der Waals surface area contributed by atoms with E-state index < -0.39 is 35.4 Å². The summed E-state index contributed by atoms with van der Waals surface area (Å²) in [5, 5.41) is 8.32. The Kier molecular flexibility index (Phi) is 10.1. The first-order valence-corrected chi connectivity index (χ1v) is 14.3. The number of anilines is 3. The number of rotatable bonds is 9. The molecule has 11 nitrogen and oxygen atoms in total. The first-order valence-electron chi connectivity index (χ1n) is 14.3. The Morgan fingerprint density at radius 2 is 1.70 bits per heavy atom. The lowest BCUT2D eigenvalue weighted by Crippen LogP contribution is -2.44. The Bertz CT molecular complexity index is 1300. The fraction of sp³-hybridized carbons (Fsp3) is 0.552. The third kappa shape index (κ3) is 8.12. The number of carbonyl (C=O) groups is 3. The van der Waals surface area contributed by atoms with Crippen molar-refractivity contribution in [3.05, 3.63) is 41.6 Å². The van der Waals surface area contributed by atoms with E-state index in [1.54, 1.807) is 50.3 Å². The molecule has 1 saturated carbocycles. The summed E-state index contributed by atoms with van der Waals surface area (Å²) in [6.07, 6.45) is -0.651. The van der Waals surface area contributed by atoms with E-state index in [1.807, 2.05) is 0 Å². The van der Waals surface area contributed by atoms with Gasteiger partial charge in [-0.25, -0.2) is 4.98 Å². The van der Waals surface area contributed by atoms with Gasteiger partial charge in [0.25, 0.3) is 5.91 Å². The van der Waals surface area contributed by atoms with Gasteiger partial charge in [-0.15, -0.1) is 0 Å². The van der Waals surface area contributed by atoms with Gasteiger partial charge in [0.05, 0.1) is 12.5 Å². The Labute approximate surface area is 249 Å². The van der Waals surface area contributed by atoms with Crippen molar-refractivity contribution >= 4 is 35.2 Å². The van der Waals surface area contributed by atoms with Crippen molar-refractivity contribution in [1.29, 1.82) is 0 Å². The van der Waals surface area contributed by atoms with Crippen LogP contribution in [0.25, 0.3) is 0 Å². The van der Waals surface area contributed by atoms with Gasteiger partial charge >= 0.3 is 6.18 Å². The van der Waals surface area contributed by atoms with Crippen LogP contribution in [0.3, 0.4) is 0 Å². The number of aromatic nitrogens is 2. The van der Waals surface area contributed by atoms with E-state index in [0.29, 0.717) is 36.7 Å². The number of hydrogen-bond donors (Lipinski definition) is 3. The molecular weight excluding hydrogens is 565 g/mol. The van der Waals surface area contributed by atoms with Crippen LogP contribution in [0.5, 0.6) is 0 Å². The molecule has 14 heteroatoms. The van der Waals surface area contributed by atoms with Gasteiger partial charge in [-0.3, -0.25) is 14.4 Å². The van der Waals surface area contributed by atoms with E-state index in [0.717, 1.165) is 25.9 Å². The maximum Gasteiger partial charge on any atom is 0.421 e. The van der Waals surface area contributed by atoms with Gasteiger partial charge in [-0.05, 0) is 70.1 Å². The molecule has 1 aliphatic carbocycles. The molecule has 0 unspecified atom stereocenters. The molecule has 0 bridgehead atoms. The molecule has 3 N–H and O–H groups in total. The molecule has 0 spiro atoms.